The van der Waals surface area contributed by atoms with Gasteiger partial charge in [-0.1, -0.05) is 12.1 Å². The average Bonchev–Trinajstić information content (AvgIpc) is 3.06. The molecule has 1 aliphatic carbocycles. The number of thiazole rings is 1. The number of aryl methyl sites for hydroxylation is 2. The number of hydrogen-bond donors (Lipinski definition) is 0. The third kappa shape index (κ3) is 3.29. The highest BCUT2D eigenvalue weighted by Gasteiger charge is 2.23. The van der Waals surface area contributed by atoms with Gasteiger partial charge in [0.15, 0.2) is 16.5 Å². The normalized spacial score (nSPS) is 18.4. The number of para-hydroxylation sites is 2. The van der Waals surface area contributed by atoms with Crippen LogP contribution in [0.3, 0.4) is 0 Å². The van der Waals surface area contributed by atoms with Gasteiger partial charge in [0.1, 0.15) is 12.7 Å². The molecular formula is C21H23N3O3S. The molecule has 6 nitrogen and oxygen atoms in total. The molecule has 2 aromatic heterocycles. The van der Waals surface area contributed by atoms with E-state index >= 15 is 0 Å². The predicted octanol–water partition coefficient (Wildman–Crippen LogP) is 2.91. The number of likely N-dealkylation sites (N-methyl/N-ethyl adjacent to an activating group) is 1. The Labute approximate surface area is 167 Å². The van der Waals surface area contributed by atoms with E-state index < -0.39 is 0 Å². The number of aromatic nitrogens is 2. The van der Waals surface area contributed by atoms with Gasteiger partial charge in [-0.2, -0.15) is 0 Å². The highest BCUT2D eigenvalue weighted by Crippen LogP contribution is 2.31. The zero-order valence-electron chi connectivity index (χ0n) is 15.9. The Balaban J connectivity index is 1.31. The maximum Gasteiger partial charge on any atom is 0.259 e. The number of benzene rings is 1. The minimum atomic E-state index is -0.0428. The van der Waals surface area contributed by atoms with E-state index in [1.165, 1.54) is 17.0 Å². The van der Waals surface area contributed by atoms with Crippen molar-refractivity contribution in [2.24, 2.45) is 0 Å². The Hall–Kier alpha value is -2.38. The Morgan fingerprint density at radius 1 is 1.25 bits per heavy atom. The third-order valence-electron chi connectivity index (χ3n) is 5.33. The Bertz CT molecular complexity index is 1070. The molecule has 0 bridgehead atoms. The van der Waals surface area contributed by atoms with Crippen LogP contribution in [0, 0.1) is 0 Å². The SMILES string of the molecule is CN(Cc1cc(=O)n2c3c(sc2n1)CCCC3)C[C@H]1COc2ccccc2O1. The van der Waals surface area contributed by atoms with Crippen LogP contribution in [-0.4, -0.2) is 40.6 Å². The molecule has 7 heteroatoms. The summed E-state index contributed by atoms with van der Waals surface area (Å²) < 4.78 is 13.6. The van der Waals surface area contributed by atoms with Gasteiger partial charge in [0.25, 0.3) is 5.56 Å². The van der Waals surface area contributed by atoms with Crippen molar-refractivity contribution >= 4 is 16.3 Å². The highest BCUT2D eigenvalue weighted by atomic mass is 32.1. The molecule has 0 N–H and O–H groups in total. The molecule has 5 rings (SSSR count). The van der Waals surface area contributed by atoms with Crippen LogP contribution in [0.4, 0.5) is 0 Å². The lowest BCUT2D eigenvalue weighted by atomic mass is 10.0. The average molecular weight is 398 g/mol. The van der Waals surface area contributed by atoms with Crippen LogP contribution in [0.2, 0.25) is 0 Å². The van der Waals surface area contributed by atoms with Crippen molar-refractivity contribution in [2.75, 3.05) is 20.2 Å². The summed E-state index contributed by atoms with van der Waals surface area (Å²) in [5, 5.41) is 0. The molecule has 3 aromatic rings. The molecule has 0 radical (unpaired) electrons. The number of nitrogens with zero attached hydrogens (tertiary/aromatic N) is 3. The maximum absolute atomic E-state index is 12.7. The van der Waals surface area contributed by atoms with E-state index in [1.54, 1.807) is 17.4 Å². The maximum atomic E-state index is 12.7. The number of rotatable bonds is 4. The van der Waals surface area contributed by atoms with Crippen LogP contribution in [0.25, 0.3) is 4.96 Å². The molecule has 0 fully saturated rings. The van der Waals surface area contributed by atoms with Crippen molar-refractivity contribution in [2.45, 2.75) is 38.3 Å². The molecule has 0 saturated carbocycles. The second-order valence-electron chi connectivity index (χ2n) is 7.58. The molecular weight excluding hydrogens is 374 g/mol. The van der Waals surface area contributed by atoms with Crippen molar-refractivity contribution in [1.29, 1.82) is 0 Å². The first kappa shape index (κ1) is 17.7. The topological polar surface area (TPSA) is 56.1 Å². The zero-order chi connectivity index (χ0) is 19.1. The second kappa shape index (κ2) is 7.22. The summed E-state index contributed by atoms with van der Waals surface area (Å²) in [6, 6.07) is 9.41. The van der Waals surface area contributed by atoms with Gasteiger partial charge in [0, 0.05) is 29.7 Å². The fraction of sp³-hybridized carbons (Fsp3) is 0.429. The largest absolute Gasteiger partial charge is 0.486 e. The summed E-state index contributed by atoms with van der Waals surface area (Å²) >= 11 is 1.67. The molecule has 1 aliphatic heterocycles. The summed E-state index contributed by atoms with van der Waals surface area (Å²) in [5.74, 6) is 1.58. The minimum absolute atomic E-state index is 0.0407. The van der Waals surface area contributed by atoms with Gasteiger partial charge < -0.3 is 9.47 Å². The molecule has 0 spiro atoms. The highest BCUT2D eigenvalue weighted by molar-refractivity contribution is 7.17. The van der Waals surface area contributed by atoms with Crippen LogP contribution in [-0.2, 0) is 19.4 Å². The second-order valence-corrected chi connectivity index (χ2v) is 8.64. The third-order valence-corrected chi connectivity index (χ3v) is 6.47. The van der Waals surface area contributed by atoms with Crippen LogP contribution in [0.5, 0.6) is 11.5 Å². The zero-order valence-corrected chi connectivity index (χ0v) is 16.7. The van der Waals surface area contributed by atoms with E-state index in [-0.39, 0.29) is 11.7 Å². The van der Waals surface area contributed by atoms with Gasteiger partial charge in [-0.3, -0.25) is 14.1 Å². The van der Waals surface area contributed by atoms with Crippen molar-refractivity contribution in [3.8, 4) is 11.5 Å². The van der Waals surface area contributed by atoms with Gasteiger partial charge >= 0.3 is 0 Å². The summed E-state index contributed by atoms with van der Waals surface area (Å²) in [6.45, 7) is 1.83. The molecule has 146 valence electrons. The predicted molar refractivity (Wildman–Crippen MR) is 109 cm³/mol. The lowest BCUT2D eigenvalue weighted by Gasteiger charge is -2.29. The monoisotopic (exact) mass is 397 g/mol. The first-order valence-corrected chi connectivity index (χ1v) is 10.6. The molecule has 3 heterocycles. The number of fused-ring (bicyclic) bond motifs is 4. The van der Waals surface area contributed by atoms with Gasteiger partial charge in [-0.25, -0.2) is 4.98 Å². The van der Waals surface area contributed by atoms with E-state index in [0.717, 1.165) is 41.4 Å². The van der Waals surface area contributed by atoms with Gasteiger partial charge in [0.05, 0.1) is 5.69 Å². The van der Waals surface area contributed by atoms with Gasteiger partial charge in [0.2, 0.25) is 0 Å². The lowest BCUT2D eigenvalue weighted by molar-refractivity contribution is 0.0635. The fourth-order valence-corrected chi connectivity index (χ4v) is 5.30. The number of ether oxygens (including phenoxy) is 2. The smallest absolute Gasteiger partial charge is 0.259 e. The van der Waals surface area contributed by atoms with Crippen LogP contribution >= 0.6 is 11.3 Å². The standard InChI is InChI=1S/C21H23N3O3S/c1-23(12-15-13-26-17-7-3-4-8-18(17)27-15)11-14-10-20(25)24-16-6-2-5-9-19(16)28-21(24)22-14/h3-4,7-8,10,15H,2,5-6,9,11-13H2,1H3/t15-/m0/s1. The first-order chi connectivity index (χ1) is 13.7. The fourth-order valence-electron chi connectivity index (χ4n) is 4.06. The van der Waals surface area contributed by atoms with Crippen molar-refractivity contribution < 1.29 is 9.47 Å². The summed E-state index contributed by atoms with van der Waals surface area (Å²) in [5.41, 5.74) is 2.03. The van der Waals surface area contributed by atoms with E-state index in [4.69, 9.17) is 14.5 Å². The molecule has 0 saturated heterocycles. The summed E-state index contributed by atoms with van der Waals surface area (Å²) in [7, 11) is 2.02. The van der Waals surface area contributed by atoms with E-state index in [9.17, 15) is 4.79 Å². The van der Waals surface area contributed by atoms with Crippen molar-refractivity contribution in [3.63, 3.8) is 0 Å². The van der Waals surface area contributed by atoms with Crippen LogP contribution < -0.4 is 15.0 Å². The summed E-state index contributed by atoms with van der Waals surface area (Å²) in [6.07, 6.45) is 4.37. The quantitative estimate of drug-likeness (QED) is 0.678. The van der Waals surface area contributed by atoms with E-state index in [1.807, 2.05) is 35.7 Å². The van der Waals surface area contributed by atoms with Gasteiger partial charge in [-0.15, -0.1) is 11.3 Å². The van der Waals surface area contributed by atoms with E-state index in [2.05, 4.69) is 4.90 Å². The van der Waals surface area contributed by atoms with Crippen LogP contribution in [0.1, 0.15) is 29.1 Å². The molecule has 2 aliphatic rings. The molecule has 1 atom stereocenters. The molecule has 28 heavy (non-hydrogen) atoms. The Morgan fingerprint density at radius 2 is 2.07 bits per heavy atom. The summed E-state index contributed by atoms with van der Waals surface area (Å²) in [4.78, 5) is 21.8. The molecule has 0 unspecified atom stereocenters. The first-order valence-electron chi connectivity index (χ1n) is 9.77. The molecule has 0 amide bonds. The lowest BCUT2D eigenvalue weighted by Crippen LogP contribution is -2.39. The van der Waals surface area contributed by atoms with E-state index in [0.29, 0.717) is 19.7 Å². The Kier molecular flexibility index (Phi) is 4.56. The van der Waals surface area contributed by atoms with Gasteiger partial charge in [-0.05, 0) is 44.9 Å². The van der Waals surface area contributed by atoms with Crippen LogP contribution in [0.15, 0.2) is 35.1 Å². The van der Waals surface area contributed by atoms with Crippen molar-refractivity contribution in [3.05, 3.63) is 57.0 Å². The molecule has 1 aromatic carbocycles. The minimum Gasteiger partial charge on any atom is -0.486 e. The Morgan fingerprint density at radius 3 is 2.96 bits per heavy atom. The number of hydrogen-bond acceptors (Lipinski definition) is 6. The van der Waals surface area contributed by atoms with Crippen molar-refractivity contribution in [1.82, 2.24) is 14.3 Å².